The molecule has 0 aliphatic heterocycles. The van der Waals surface area contributed by atoms with Crippen molar-refractivity contribution in [3.05, 3.63) is 70.8 Å². The second-order valence-electron chi connectivity index (χ2n) is 6.64. The number of benzene rings is 2. The van der Waals surface area contributed by atoms with E-state index < -0.39 is 12.6 Å². The van der Waals surface area contributed by atoms with E-state index >= 15 is 0 Å². The molecule has 3 N–H and O–H groups in total. The first-order valence-corrected chi connectivity index (χ1v) is 9.03. The Kier molecular flexibility index (Phi) is 5.60. The second-order valence-corrected chi connectivity index (χ2v) is 6.64. The maximum atomic E-state index is 11.7. The quantitative estimate of drug-likeness (QED) is 0.749. The fraction of sp³-hybridized carbons (Fsp3) is 0.273. The number of hydrogen-bond donors (Lipinski definition) is 2. The molecule has 0 heterocycles. The highest BCUT2D eigenvalue weighted by molar-refractivity contribution is 5.85. The lowest BCUT2D eigenvalue weighted by Gasteiger charge is -2.17. The number of amides is 1. The van der Waals surface area contributed by atoms with Crippen LogP contribution in [0.1, 0.15) is 42.4 Å². The van der Waals surface area contributed by atoms with Gasteiger partial charge in [-0.25, -0.2) is 4.79 Å². The van der Waals surface area contributed by atoms with E-state index in [0.29, 0.717) is 5.75 Å². The van der Waals surface area contributed by atoms with Gasteiger partial charge in [-0.15, -0.1) is 0 Å². The number of carbonyl (C=O) groups excluding carboxylic acids is 1. The number of carboxylic acid groups (broad SMARTS) is 1. The van der Waals surface area contributed by atoms with Crippen LogP contribution < -0.4 is 10.5 Å². The average Bonchev–Trinajstić information content (AvgIpc) is 2.93. The first-order valence-electron chi connectivity index (χ1n) is 9.03. The summed E-state index contributed by atoms with van der Waals surface area (Å²) in [6.45, 7) is 1.65. The molecule has 0 bridgehead atoms. The van der Waals surface area contributed by atoms with Crippen molar-refractivity contribution in [2.75, 3.05) is 6.61 Å². The standard InChI is InChI=1S/C22H23NO4/c1-2-15-17(11-14-7-4-3-5-8-14)16-9-6-10-19(27-13-21(25)26)22(16)18(15)12-20(23)24/h3-10,18H,2,11-13H2,1H3,(H2,23,24)(H,25,26). The van der Waals surface area contributed by atoms with E-state index in [2.05, 4.69) is 19.1 Å². The summed E-state index contributed by atoms with van der Waals surface area (Å²) in [5.74, 6) is -1.09. The molecule has 3 rings (SSSR count). The highest BCUT2D eigenvalue weighted by Gasteiger charge is 2.34. The van der Waals surface area contributed by atoms with Crippen molar-refractivity contribution in [1.82, 2.24) is 0 Å². The molecule has 2 aromatic rings. The molecule has 5 nitrogen and oxygen atoms in total. The lowest BCUT2D eigenvalue weighted by Crippen LogP contribution is -2.17. The summed E-state index contributed by atoms with van der Waals surface area (Å²) in [4.78, 5) is 22.7. The van der Waals surface area contributed by atoms with Crippen molar-refractivity contribution in [1.29, 1.82) is 0 Å². The molecule has 1 unspecified atom stereocenters. The van der Waals surface area contributed by atoms with E-state index in [1.54, 1.807) is 6.07 Å². The zero-order valence-electron chi connectivity index (χ0n) is 15.3. The molecule has 1 atom stereocenters. The van der Waals surface area contributed by atoms with E-state index in [-0.39, 0.29) is 18.2 Å². The Hall–Kier alpha value is -3.08. The monoisotopic (exact) mass is 365 g/mol. The van der Waals surface area contributed by atoms with Gasteiger partial charge in [0.25, 0.3) is 0 Å². The van der Waals surface area contributed by atoms with E-state index in [1.807, 2.05) is 30.3 Å². The van der Waals surface area contributed by atoms with E-state index in [0.717, 1.165) is 24.0 Å². The van der Waals surface area contributed by atoms with Crippen LogP contribution in [-0.2, 0) is 16.0 Å². The van der Waals surface area contributed by atoms with Crippen LogP contribution in [0.2, 0.25) is 0 Å². The van der Waals surface area contributed by atoms with Crippen molar-refractivity contribution in [2.24, 2.45) is 5.73 Å². The molecule has 0 fully saturated rings. The van der Waals surface area contributed by atoms with Crippen LogP contribution in [-0.4, -0.2) is 23.6 Å². The van der Waals surface area contributed by atoms with Gasteiger partial charge in [0.1, 0.15) is 5.75 Å². The molecule has 0 saturated carbocycles. The Morgan fingerprint density at radius 1 is 1.11 bits per heavy atom. The predicted molar refractivity (Wildman–Crippen MR) is 103 cm³/mol. The third kappa shape index (κ3) is 4.03. The van der Waals surface area contributed by atoms with Gasteiger partial charge in [-0.1, -0.05) is 55.0 Å². The van der Waals surface area contributed by atoms with Crippen LogP contribution in [0.4, 0.5) is 0 Å². The number of primary amides is 1. The zero-order valence-corrected chi connectivity index (χ0v) is 15.3. The third-order valence-electron chi connectivity index (χ3n) is 4.91. The molecule has 1 amide bonds. The van der Waals surface area contributed by atoms with E-state index in [4.69, 9.17) is 15.6 Å². The summed E-state index contributed by atoms with van der Waals surface area (Å²) in [6, 6.07) is 15.8. The van der Waals surface area contributed by atoms with Gasteiger partial charge < -0.3 is 15.6 Å². The van der Waals surface area contributed by atoms with Crippen LogP contribution in [0.5, 0.6) is 5.75 Å². The van der Waals surface area contributed by atoms with Crippen molar-refractivity contribution >= 4 is 17.4 Å². The predicted octanol–water partition coefficient (Wildman–Crippen LogP) is 3.53. The number of carbonyl (C=O) groups is 2. The van der Waals surface area contributed by atoms with E-state index in [1.165, 1.54) is 16.7 Å². The molecular formula is C22H23NO4. The number of nitrogens with two attached hydrogens (primary N) is 1. The Morgan fingerprint density at radius 3 is 2.48 bits per heavy atom. The molecule has 0 spiro atoms. The SMILES string of the molecule is CCC1=C(Cc2ccccc2)c2cccc(OCC(=O)O)c2C1CC(N)=O. The zero-order chi connectivity index (χ0) is 19.4. The van der Waals surface area contributed by atoms with Crippen molar-refractivity contribution < 1.29 is 19.4 Å². The highest BCUT2D eigenvalue weighted by atomic mass is 16.5. The summed E-state index contributed by atoms with van der Waals surface area (Å²) in [7, 11) is 0. The van der Waals surface area contributed by atoms with Crippen LogP contribution >= 0.6 is 0 Å². The minimum absolute atomic E-state index is 0.175. The number of carboxylic acids is 1. The number of allylic oxidation sites excluding steroid dienone is 2. The Balaban J connectivity index is 2.08. The van der Waals surface area contributed by atoms with Gasteiger partial charge in [0.15, 0.2) is 6.61 Å². The molecule has 0 radical (unpaired) electrons. The summed E-state index contributed by atoms with van der Waals surface area (Å²) < 4.78 is 5.54. The summed E-state index contributed by atoms with van der Waals surface area (Å²) in [5, 5.41) is 8.97. The molecule has 1 aliphatic carbocycles. The number of aliphatic carboxylic acids is 1. The van der Waals surface area contributed by atoms with Gasteiger partial charge in [0.2, 0.25) is 5.91 Å². The Labute approximate surface area is 158 Å². The number of rotatable bonds is 8. The van der Waals surface area contributed by atoms with Crippen LogP contribution in [0.15, 0.2) is 54.1 Å². The molecule has 140 valence electrons. The number of hydrogen-bond acceptors (Lipinski definition) is 3. The fourth-order valence-electron chi connectivity index (χ4n) is 3.88. The molecule has 0 aromatic heterocycles. The minimum Gasteiger partial charge on any atom is -0.482 e. The van der Waals surface area contributed by atoms with Crippen molar-refractivity contribution in [3.8, 4) is 5.75 Å². The van der Waals surface area contributed by atoms with Gasteiger partial charge in [0.05, 0.1) is 0 Å². The van der Waals surface area contributed by atoms with Gasteiger partial charge in [-0.2, -0.15) is 0 Å². The topological polar surface area (TPSA) is 89.6 Å². The van der Waals surface area contributed by atoms with Gasteiger partial charge in [-0.3, -0.25) is 4.79 Å². The lowest BCUT2D eigenvalue weighted by atomic mass is 9.90. The van der Waals surface area contributed by atoms with Gasteiger partial charge in [0, 0.05) is 17.9 Å². The van der Waals surface area contributed by atoms with Crippen molar-refractivity contribution in [3.63, 3.8) is 0 Å². The largest absolute Gasteiger partial charge is 0.482 e. The molecule has 27 heavy (non-hydrogen) atoms. The molecular weight excluding hydrogens is 342 g/mol. The average molecular weight is 365 g/mol. The van der Waals surface area contributed by atoms with Crippen molar-refractivity contribution in [2.45, 2.75) is 32.1 Å². The molecule has 1 aliphatic rings. The van der Waals surface area contributed by atoms with Gasteiger partial charge >= 0.3 is 5.97 Å². The first kappa shape index (κ1) is 18.7. The van der Waals surface area contributed by atoms with Crippen LogP contribution in [0.25, 0.3) is 5.57 Å². The van der Waals surface area contributed by atoms with E-state index in [9.17, 15) is 9.59 Å². The smallest absolute Gasteiger partial charge is 0.341 e. The maximum Gasteiger partial charge on any atom is 0.341 e. The number of fused-ring (bicyclic) bond motifs is 1. The fourth-order valence-corrected chi connectivity index (χ4v) is 3.88. The lowest BCUT2D eigenvalue weighted by molar-refractivity contribution is -0.139. The molecule has 5 heteroatoms. The Morgan fingerprint density at radius 2 is 1.85 bits per heavy atom. The highest BCUT2D eigenvalue weighted by Crippen LogP contribution is 2.49. The molecule has 0 saturated heterocycles. The Bertz CT molecular complexity index is 886. The van der Waals surface area contributed by atoms with Crippen LogP contribution in [0.3, 0.4) is 0 Å². The summed E-state index contributed by atoms with van der Waals surface area (Å²) >= 11 is 0. The number of ether oxygens (including phenoxy) is 1. The van der Waals surface area contributed by atoms with Gasteiger partial charge in [-0.05, 0) is 35.6 Å². The second kappa shape index (κ2) is 8.08. The maximum absolute atomic E-state index is 11.7. The first-order chi connectivity index (χ1) is 13.0. The summed E-state index contributed by atoms with van der Waals surface area (Å²) in [6.07, 6.45) is 1.71. The van der Waals surface area contributed by atoms with Crippen LogP contribution in [0, 0.1) is 0 Å². The normalized spacial score (nSPS) is 15.5. The minimum atomic E-state index is -1.04. The third-order valence-corrected chi connectivity index (χ3v) is 4.91. The molecule has 2 aromatic carbocycles. The summed E-state index contributed by atoms with van der Waals surface area (Å²) in [5.41, 5.74) is 10.9.